The van der Waals surface area contributed by atoms with Gasteiger partial charge in [-0.15, -0.1) is 0 Å². The van der Waals surface area contributed by atoms with Crippen LogP contribution >= 0.6 is 0 Å². The van der Waals surface area contributed by atoms with E-state index in [0.29, 0.717) is 12.2 Å². The molecule has 2 aromatic carbocycles. The minimum atomic E-state index is -0.774. The van der Waals surface area contributed by atoms with Crippen LogP contribution in [-0.4, -0.2) is 27.5 Å². The third kappa shape index (κ3) is 6.03. The van der Waals surface area contributed by atoms with Gasteiger partial charge in [0.25, 0.3) is 0 Å². The number of hydrogen-bond acceptors (Lipinski definition) is 4. The first-order chi connectivity index (χ1) is 14.0. The van der Waals surface area contributed by atoms with Crippen LogP contribution in [0.25, 0.3) is 0 Å². The summed E-state index contributed by atoms with van der Waals surface area (Å²) >= 11 is 0. The Hall–Kier alpha value is -3.94. The minimum absolute atomic E-state index is 0.118. The number of carbonyl (C=O) groups is 3. The van der Waals surface area contributed by atoms with Crippen molar-refractivity contribution in [2.75, 3.05) is 5.32 Å². The molecule has 3 aromatic rings. The quantitative estimate of drug-likeness (QED) is 0.525. The minimum Gasteiger partial charge on any atom is -0.369 e. The lowest BCUT2D eigenvalue weighted by Gasteiger charge is -2.06. The highest BCUT2D eigenvalue weighted by molar-refractivity contribution is 6.39. The first-order valence-corrected chi connectivity index (χ1v) is 9.01. The molecule has 0 spiro atoms. The van der Waals surface area contributed by atoms with E-state index in [1.165, 1.54) is 0 Å². The summed E-state index contributed by atoms with van der Waals surface area (Å²) in [5.41, 5.74) is 8.23. The predicted octanol–water partition coefficient (Wildman–Crippen LogP) is 1.21. The number of benzene rings is 2. The molecule has 0 saturated heterocycles. The van der Waals surface area contributed by atoms with Gasteiger partial charge in [-0.1, -0.05) is 42.5 Å². The molecule has 1 heterocycles. The van der Waals surface area contributed by atoms with E-state index in [-0.39, 0.29) is 13.0 Å². The van der Waals surface area contributed by atoms with Gasteiger partial charge >= 0.3 is 11.8 Å². The summed E-state index contributed by atoms with van der Waals surface area (Å²) in [7, 11) is 0. The lowest BCUT2D eigenvalue weighted by atomic mass is 10.1. The van der Waals surface area contributed by atoms with Crippen molar-refractivity contribution in [1.29, 1.82) is 0 Å². The van der Waals surface area contributed by atoms with Crippen LogP contribution in [0.3, 0.4) is 0 Å². The number of primary amides is 1. The standard InChI is InChI=1S/C21H21N5O3/c22-19(27)10-15-6-8-18(9-7-15)25-21(29)20(28)23-11-17-12-24-26(14-17)13-16-4-2-1-3-5-16/h1-9,12,14H,10-11,13H2,(H2,22,27)(H,23,28)(H,25,29). The number of rotatable bonds is 7. The van der Waals surface area contributed by atoms with Gasteiger partial charge in [-0.25, -0.2) is 0 Å². The fourth-order valence-corrected chi connectivity index (χ4v) is 2.71. The number of carbonyl (C=O) groups excluding carboxylic acids is 3. The largest absolute Gasteiger partial charge is 0.369 e. The molecule has 0 aliphatic rings. The van der Waals surface area contributed by atoms with Gasteiger partial charge in [0.1, 0.15) is 0 Å². The summed E-state index contributed by atoms with van der Waals surface area (Å²) in [6.45, 7) is 0.819. The molecular formula is C21H21N5O3. The summed E-state index contributed by atoms with van der Waals surface area (Å²) in [5, 5.41) is 9.34. The average molecular weight is 391 g/mol. The Labute approximate surface area is 167 Å². The van der Waals surface area contributed by atoms with Crippen LogP contribution in [0.5, 0.6) is 0 Å². The van der Waals surface area contributed by atoms with E-state index >= 15 is 0 Å². The number of aromatic nitrogens is 2. The smallest absolute Gasteiger partial charge is 0.313 e. The molecule has 148 valence electrons. The Morgan fingerprint density at radius 3 is 2.31 bits per heavy atom. The normalized spacial score (nSPS) is 10.3. The van der Waals surface area contributed by atoms with Crippen molar-refractivity contribution in [3.8, 4) is 0 Å². The second-order valence-electron chi connectivity index (χ2n) is 6.51. The molecule has 3 amide bonds. The van der Waals surface area contributed by atoms with Crippen LogP contribution in [-0.2, 0) is 33.9 Å². The highest BCUT2D eigenvalue weighted by Gasteiger charge is 2.14. The van der Waals surface area contributed by atoms with Crippen molar-refractivity contribution in [3.05, 3.63) is 83.7 Å². The Morgan fingerprint density at radius 1 is 0.897 bits per heavy atom. The van der Waals surface area contributed by atoms with Gasteiger partial charge < -0.3 is 16.4 Å². The van der Waals surface area contributed by atoms with Gasteiger partial charge in [-0.2, -0.15) is 5.10 Å². The average Bonchev–Trinajstić information content (AvgIpc) is 3.15. The molecule has 0 saturated carbocycles. The lowest BCUT2D eigenvalue weighted by molar-refractivity contribution is -0.136. The van der Waals surface area contributed by atoms with Crippen molar-refractivity contribution < 1.29 is 14.4 Å². The van der Waals surface area contributed by atoms with E-state index in [4.69, 9.17) is 5.73 Å². The Morgan fingerprint density at radius 2 is 1.62 bits per heavy atom. The van der Waals surface area contributed by atoms with Crippen molar-refractivity contribution in [1.82, 2.24) is 15.1 Å². The van der Waals surface area contributed by atoms with Crippen molar-refractivity contribution >= 4 is 23.4 Å². The molecule has 4 N–H and O–H groups in total. The van der Waals surface area contributed by atoms with Crippen LogP contribution in [0.15, 0.2) is 67.0 Å². The summed E-state index contributed by atoms with van der Waals surface area (Å²) in [6.07, 6.45) is 3.59. The molecule has 8 heteroatoms. The molecule has 29 heavy (non-hydrogen) atoms. The molecule has 0 atom stereocenters. The zero-order valence-corrected chi connectivity index (χ0v) is 15.7. The molecule has 1 aromatic heterocycles. The molecule has 0 aliphatic heterocycles. The number of anilines is 1. The first kappa shape index (κ1) is 19.8. The van der Waals surface area contributed by atoms with Crippen LogP contribution in [0.4, 0.5) is 5.69 Å². The van der Waals surface area contributed by atoms with Gasteiger partial charge in [-0.05, 0) is 23.3 Å². The van der Waals surface area contributed by atoms with E-state index in [1.54, 1.807) is 35.1 Å². The maximum absolute atomic E-state index is 12.0. The molecule has 0 radical (unpaired) electrons. The summed E-state index contributed by atoms with van der Waals surface area (Å²) in [6, 6.07) is 16.4. The molecular weight excluding hydrogens is 370 g/mol. The number of hydrogen-bond donors (Lipinski definition) is 3. The second kappa shape index (κ2) is 9.32. The van der Waals surface area contributed by atoms with Crippen LogP contribution in [0, 0.1) is 0 Å². The van der Waals surface area contributed by atoms with Gasteiger partial charge in [0.15, 0.2) is 0 Å². The van der Waals surface area contributed by atoms with E-state index in [1.807, 2.05) is 36.5 Å². The number of nitrogens with two attached hydrogens (primary N) is 1. The van der Waals surface area contributed by atoms with Gasteiger partial charge in [0.2, 0.25) is 5.91 Å². The van der Waals surface area contributed by atoms with E-state index in [9.17, 15) is 14.4 Å². The van der Waals surface area contributed by atoms with Crippen LogP contribution in [0.2, 0.25) is 0 Å². The van der Waals surface area contributed by atoms with Crippen molar-refractivity contribution in [3.63, 3.8) is 0 Å². The topological polar surface area (TPSA) is 119 Å². The fraction of sp³-hybridized carbons (Fsp3) is 0.143. The molecule has 0 unspecified atom stereocenters. The fourth-order valence-electron chi connectivity index (χ4n) is 2.71. The zero-order chi connectivity index (χ0) is 20.6. The maximum Gasteiger partial charge on any atom is 0.313 e. The second-order valence-corrected chi connectivity index (χ2v) is 6.51. The Kier molecular flexibility index (Phi) is 6.36. The van der Waals surface area contributed by atoms with E-state index in [0.717, 1.165) is 16.7 Å². The van der Waals surface area contributed by atoms with Gasteiger partial charge in [0.05, 0.1) is 19.2 Å². The van der Waals surface area contributed by atoms with Crippen molar-refractivity contribution in [2.24, 2.45) is 5.73 Å². The third-order valence-electron chi connectivity index (χ3n) is 4.12. The number of nitrogens with zero attached hydrogens (tertiary/aromatic N) is 2. The van der Waals surface area contributed by atoms with Gasteiger partial charge in [0, 0.05) is 24.0 Å². The number of nitrogens with one attached hydrogen (secondary N) is 2. The summed E-state index contributed by atoms with van der Waals surface area (Å²) in [4.78, 5) is 34.9. The highest BCUT2D eigenvalue weighted by atomic mass is 16.2. The highest BCUT2D eigenvalue weighted by Crippen LogP contribution is 2.10. The molecule has 3 rings (SSSR count). The van der Waals surface area contributed by atoms with E-state index < -0.39 is 17.7 Å². The number of amides is 3. The van der Waals surface area contributed by atoms with Crippen molar-refractivity contribution in [2.45, 2.75) is 19.5 Å². The first-order valence-electron chi connectivity index (χ1n) is 9.01. The van der Waals surface area contributed by atoms with Crippen LogP contribution < -0.4 is 16.4 Å². The summed E-state index contributed by atoms with van der Waals surface area (Å²) in [5.74, 6) is -1.96. The third-order valence-corrected chi connectivity index (χ3v) is 4.12. The maximum atomic E-state index is 12.0. The molecule has 0 bridgehead atoms. The monoisotopic (exact) mass is 391 g/mol. The summed E-state index contributed by atoms with van der Waals surface area (Å²) < 4.78 is 1.77. The molecule has 0 aliphatic carbocycles. The Bertz CT molecular complexity index is 997. The predicted molar refractivity (Wildman–Crippen MR) is 108 cm³/mol. The zero-order valence-electron chi connectivity index (χ0n) is 15.7. The SMILES string of the molecule is NC(=O)Cc1ccc(NC(=O)C(=O)NCc2cnn(Cc3ccccc3)c2)cc1. The van der Waals surface area contributed by atoms with Gasteiger partial charge in [-0.3, -0.25) is 19.1 Å². The molecule has 0 fully saturated rings. The Balaban J connectivity index is 1.47. The molecule has 8 nitrogen and oxygen atoms in total. The van der Waals surface area contributed by atoms with Crippen LogP contribution in [0.1, 0.15) is 16.7 Å². The lowest BCUT2D eigenvalue weighted by Crippen LogP contribution is -2.34. The van der Waals surface area contributed by atoms with E-state index in [2.05, 4.69) is 15.7 Å².